The number of carbonyl (C=O) groups excluding carboxylic acids is 1. The summed E-state index contributed by atoms with van der Waals surface area (Å²) in [7, 11) is 0. The Morgan fingerprint density at radius 1 is 1.21 bits per heavy atom. The molecule has 1 aliphatic rings. The van der Waals surface area contributed by atoms with E-state index in [1.807, 2.05) is 35.4 Å². The summed E-state index contributed by atoms with van der Waals surface area (Å²) in [5, 5.41) is 1.02. The first-order valence-electron chi connectivity index (χ1n) is 6.87. The maximum Gasteiger partial charge on any atom is 0.254 e. The number of nitrogens with zero attached hydrogens (tertiary/aromatic N) is 2. The zero-order chi connectivity index (χ0) is 13.2. The molecule has 0 saturated carbocycles. The molecule has 1 fully saturated rings. The summed E-state index contributed by atoms with van der Waals surface area (Å²) in [6, 6.07) is 7.84. The number of aromatic amines is 1. The van der Waals surface area contributed by atoms with Crippen molar-refractivity contribution in [2.45, 2.75) is 6.92 Å². The second-order valence-corrected chi connectivity index (χ2v) is 4.97. The van der Waals surface area contributed by atoms with Gasteiger partial charge in [0.05, 0.1) is 0 Å². The third kappa shape index (κ3) is 2.24. The van der Waals surface area contributed by atoms with E-state index in [1.165, 1.54) is 0 Å². The molecule has 1 aromatic heterocycles. The third-order valence-corrected chi connectivity index (χ3v) is 3.93. The lowest BCUT2D eigenvalue weighted by Gasteiger charge is -2.34. The highest BCUT2D eigenvalue weighted by molar-refractivity contribution is 6.06. The van der Waals surface area contributed by atoms with Gasteiger partial charge in [-0.05, 0) is 24.7 Å². The predicted molar refractivity (Wildman–Crippen MR) is 76.3 cm³/mol. The van der Waals surface area contributed by atoms with Crippen LogP contribution in [0.15, 0.2) is 30.5 Å². The fourth-order valence-electron chi connectivity index (χ4n) is 2.71. The molecule has 0 unspecified atom stereocenters. The van der Waals surface area contributed by atoms with Gasteiger partial charge in [-0.25, -0.2) is 0 Å². The lowest BCUT2D eigenvalue weighted by atomic mass is 10.1. The average Bonchev–Trinajstić information content (AvgIpc) is 2.95. The molecule has 1 aliphatic heterocycles. The molecule has 2 heterocycles. The van der Waals surface area contributed by atoms with E-state index >= 15 is 0 Å². The van der Waals surface area contributed by atoms with Crippen LogP contribution in [0.3, 0.4) is 0 Å². The molecule has 1 amide bonds. The SMILES string of the molecule is CCN1CCN(C(=O)c2cccc3[nH]ccc23)CC1. The Morgan fingerprint density at radius 3 is 2.74 bits per heavy atom. The minimum Gasteiger partial charge on any atom is -0.361 e. The van der Waals surface area contributed by atoms with E-state index in [2.05, 4.69) is 16.8 Å². The molecule has 1 saturated heterocycles. The van der Waals surface area contributed by atoms with E-state index in [0.717, 1.165) is 49.2 Å². The van der Waals surface area contributed by atoms with Crippen molar-refractivity contribution < 1.29 is 4.79 Å². The van der Waals surface area contributed by atoms with Crippen LogP contribution < -0.4 is 0 Å². The fraction of sp³-hybridized carbons (Fsp3) is 0.400. The molecule has 0 radical (unpaired) electrons. The minimum absolute atomic E-state index is 0.154. The van der Waals surface area contributed by atoms with Crippen molar-refractivity contribution in [2.24, 2.45) is 0 Å². The first kappa shape index (κ1) is 12.2. The van der Waals surface area contributed by atoms with Gasteiger partial charge in [0.25, 0.3) is 5.91 Å². The number of hydrogen-bond donors (Lipinski definition) is 1. The van der Waals surface area contributed by atoms with Crippen molar-refractivity contribution in [1.29, 1.82) is 0 Å². The van der Waals surface area contributed by atoms with Crippen molar-refractivity contribution >= 4 is 16.8 Å². The fourth-order valence-corrected chi connectivity index (χ4v) is 2.71. The number of H-pyrrole nitrogens is 1. The lowest BCUT2D eigenvalue weighted by molar-refractivity contribution is 0.0645. The molecule has 4 heteroatoms. The van der Waals surface area contributed by atoms with E-state index in [1.54, 1.807) is 0 Å². The van der Waals surface area contributed by atoms with Crippen LogP contribution in [0.5, 0.6) is 0 Å². The summed E-state index contributed by atoms with van der Waals surface area (Å²) in [4.78, 5) is 20.1. The van der Waals surface area contributed by atoms with Crippen LogP contribution in [0.4, 0.5) is 0 Å². The van der Waals surface area contributed by atoms with Crippen LogP contribution >= 0.6 is 0 Å². The Hall–Kier alpha value is -1.81. The van der Waals surface area contributed by atoms with Crippen LogP contribution in [-0.2, 0) is 0 Å². The zero-order valence-electron chi connectivity index (χ0n) is 11.2. The lowest BCUT2D eigenvalue weighted by Crippen LogP contribution is -2.48. The molecule has 4 nitrogen and oxygen atoms in total. The molecule has 0 spiro atoms. The third-order valence-electron chi connectivity index (χ3n) is 3.93. The topological polar surface area (TPSA) is 39.3 Å². The smallest absolute Gasteiger partial charge is 0.254 e. The Kier molecular flexibility index (Phi) is 3.25. The number of piperazine rings is 1. The number of likely N-dealkylation sites (N-methyl/N-ethyl adjacent to an activating group) is 1. The summed E-state index contributed by atoms with van der Waals surface area (Å²) < 4.78 is 0. The average molecular weight is 257 g/mol. The standard InChI is InChI=1S/C15H19N3O/c1-2-17-8-10-18(11-9-17)15(19)13-4-3-5-14-12(13)6-7-16-14/h3-7,16H,2,8-11H2,1H3. The van der Waals surface area contributed by atoms with Gasteiger partial charge in [0, 0.05) is 48.8 Å². The number of fused-ring (bicyclic) bond motifs is 1. The number of carbonyl (C=O) groups is 1. The van der Waals surface area contributed by atoms with Gasteiger partial charge in [-0.15, -0.1) is 0 Å². The largest absolute Gasteiger partial charge is 0.361 e. The highest BCUT2D eigenvalue weighted by Crippen LogP contribution is 2.19. The Morgan fingerprint density at radius 2 is 2.00 bits per heavy atom. The van der Waals surface area contributed by atoms with Gasteiger partial charge >= 0.3 is 0 Å². The maximum atomic E-state index is 12.6. The number of aromatic nitrogens is 1. The Bertz CT molecular complexity index is 582. The summed E-state index contributed by atoms with van der Waals surface area (Å²) in [5.41, 5.74) is 1.83. The van der Waals surface area contributed by atoms with Crippen molar-refractivity contribution in [3.63, 3.8) is 0 Å². The number of benzene rings is 1. The Balaban J connectivity index is 1.82. The second-order valence-electron chi connectivity index (χ2n) is 4.97. The monoisotopic (exact) mass is 257 g/mol. The van der Waals surface area contributed by atoms with Crippen molar-refractivity contribution in [3.8, 4) is 0 Å². The van der Waals surface area contributed by atoms with E-state index in [0.29, 0.717) is 0 Å². The molecule has 0 bridgehead atoms. The van der Waals surface area contributed by atoms with Crippen LogP contribution in [0.2, 0.25) is 0 Å². The molecular weight excluding hydrogens is 238 g/mol. The maximum absolute atomic E-state index is 12.6. The van der Waals surface area contributed by atoms with Gasteiger partial charge in [-0.2, -0.15) is 0 Å². The molecule has 19 heavy (non-hydrogen) atoms. The Labute approximate surface area is 113 Å². The van der Waals surface area contributed by atoms with Crippen LogP contribution in [0.1, 0.15) is 17.3 Å². The predicted octanol–water partition coefficient (Wildman–Crippen LogP) is 1.95. The summed E-state index contributed by atoms with van der Waals surface area (Å²) in [6.07, 6.45) is 1.89. The molecule has 3 rings (SSSR count). The minimum atomic E-state index is 0.154. The van der Waals surface area contributed by atoms with Crippen molar-refractivity contribution in [1.82, 2.24) is 14.8 Å². The molecule has 0 atom stereocenters. The summed E-state index contributed by atoms with van der Waals surface area (Å²) in [6.45, 7) is 6.84. The molecule has 0 aliphatic carbocycles. The molecular formula is C15H19N3O. The van der Waals surface area contributed by atoms with E-state index in [-0.39, 0.29) is 5.91 Å². The van der Waals surface area contributed by atoms with E-state index in [4.69, 9.17) is 0 Å². The van der Waals surface area contributed by atoms with E-state index < -0.39 is 0 Å². The van der Waals surface area contributed by atoms with Crippen molar-refractivity contribution in [2.75, 3.05) is 32.7 Å². The molecule has 1 aromatic carbocycles. The van der Waals surface area contributed by atoms with Gasteiger partial charge in [0.15, 0.2) is 0 Å². The molecule has 2 aromatic rings. The second kappa shape index (κ2) is 5.05. The number of rotatable bonds is 2. The van der Waals surface area contributed by atoms with Gasteiger partial charge in [-0.3, -0.25) is 4.79 Å². The summed E-state index contributed by atoms with van der Waals surface area (Å²) >= 11 is 0. The molecule has 1 N–H and O–H groups in total. The van der Waals surface area contributed by atoms with E-state index in [9.17, 15) is 4.79 Å². The first-order chi connectivity index (χ1) is 9.29. The van der Waals surface area contributed by atoms with Crippen LogP contribution in [0, 0.1) is 0 Å². The number of hydrogen-bond acceptors (Lipinski definition) is 2. The number of nitrogens with one attached hydrogen (secondary N) is 1. The van der Waals surface area contributed by atoms with Gasteiger partial charge in [-0.1, -0.05) is 13.0 Å². The summed E-state index contributed by atoms with van der Waals surface area (Å²) in [5.74, 6) is 0.154. The van der Waals surface area contributed by atoms with Crippen molar-refractivity contribution in [3.05, 3.63) is 36.0 Å². The normalized spacial score (nSPS) is 17.0. The quantitative estimate of drug-likeness (QED) is 0.893. The molecule has 100 valence electrons. The zero-order valence-corrected chi connectivity index (χ0v) is 11.2. The highest BCUT2D eigenvalue weighted by Gasteiger charge is 2.22. The van der Waals surface area contributed by atoms with Crippen LogP contribution in [-0.4, -0.2) is 53.4 Å². The first-order valence-corrected chi connectivity index (χ1v) is 6.87. The highest BCUT2D eigenvalue weighted by atomic mass is 16.2. The van der Waals surface area contributed by atoms with Gasteiger partial charge < -0.3 is 14.8 Å². The number of amides is 1. The van der Waals surface area contributed by atoms with Crippen LogP contribution in [0.25, 0.3) is 10.9 Å². The van der Waals surface area contributed by atoms with Gasteiger partial charge in [0.1, 0.15) is 0 Å². The van der Waals surface area contributed by atoms with Gasteiger partial charge in [0.2, 0.25) is 0 Å².